The minimum atomic E-state index is -1.09. The van der Waals surface area contributed by atoms with Crippen molar-refractivity contribution in [1.82, 2.24) is 31.5 Å². The number of benzene rings is 4. The molecular weight excluding hydrogens is 1100 g/mol. The molecule has 0 fully saturated rings. The Morgan fingerprint density at radius 1 is 0.721 bits per heavy atom. The molecule has 9 amide bonds. The smallest absolute Gasteiger partial charge is 0.411 e. The van der Waals surface area contributed by atoms with E-state index < -0.39 is 77.2 Å². The van der Waals surface area contributed by atoms with Gasteiger partial charge in [-0.25, -0.2) is 14.4 Å². The summed E-state index contributed by atoms with van der Waals surface area (Å²) < 4.78 is 5.51. The summed E-state index contributed by atoms with van der Waals surface area (Å²) in [5.74, 6) is -3.92. The molecule has 4 aromatic rings. The molecule has 468 valence electrons. The van der Waals surface area contributed by atoms with E-state index in [-0.39, 0.29) is 62.8 Å². The van der Waals surface area contributed by atoms with Gasteiger partial charge in [0.1, 0.15) is 18.7 Å². The van der Waals surface area contributed by atoms with Crippen molar-refractivity contribution >= 4 is 70.6 Å². The number of likely N-dealkylation sites (N-methyl/N-ethyl adjacent to an activating group) is 2. The van der Waals surface area contributed by atoms with Crippen molar-refractivity contribution in [1.29, 1.82) is 0 Å². The molecule has 1 heterocycles. The number of carbonyl (C=O) groups is 9. The number of carboxylic acid groups (broad SMARTS) is 1. The highest BCUT2D eigenvalue weighted by atomic mass is 16.5. The fourth-order valence-corrected chi connectivity index (χ4v) is 9.09. The highest BCUT2D eigenvalue weighted by Crippen LogP contribution is 2.32. The fourth-order valence-electron chi connectivity index (χ4n) is 9.09. The van der Waals surface area contributed by atoms with Gasteiger partial charge in [0.25, 0.3) is 0 Å². The number of nitrogens with two attached hydrogens (primary N) is 1. The molecule has 0 saturated heterocycles. The molecule has 21 nitrogen and oxygen atoms in total. The molecule has 10 N–H and O–H groups in total. The SMILES string of the molecule is CCC.CCC.CNC(C(=O)NC(C(=O)N(C)C/C=C(\C)C(=O)O)C(C)(C)C)C(C)(C)c1cccc(NC(=O)OCc2ccc(NC(=O)C(CCCNC(N)=O)NC(=O)CNC(=O)CCC(=O)N3Cc4ccccc4CCc4ccccc43)cc2)c1. The lowest BCUT2D eigenvalue weighted by Crippen LogP contribution is -2.60. The van der Waals surface area contributed by atoms with Crippen LogP contribution in [0.25, 0.3) is 0 Å². The number of hydrogen-bond donors (Lipinski definition) is 9. The lowest BCUT2D eigenvalue weighted by molar-refractivity contribution is -0.139. The van der Waals surface area contributed by atoms with Crippen LogP contribution >= 0.6 is 0 Å². The molecule has 0 saturated carbocycles. The second-order valence-corrected chi connectivity index (χ2v) is 22.8. The predicted molar refractivity (Wildman–Crippen MR) is 336 cm³/mol. The number of nitrogens with zero attached hydrogens (tertiary/aromatic N) is 2. The van der Waals surface area contributed by atoms with Crippen molar-refractivity contribution in [3.63, 3.8) is 0 Å². The van der Waals surface area contributed by atoms with E-state index >= 15 is 0 Å². The third kappa shape index (κ3) is 23.5. The maximum Gasteiger partial charge on any atom is 0.411 e. The molecule has 0 aliphatic carbocycles. The van der Waals surface area contributed by atoms with Gasteiger partial charge in [0.2, 0.25) is 35.4 Å². The number of aliphatic carboxylic acids is 1. The van der Waals surface area contributed by atoms with E-state index in [2.05, 4.69) is 71.0 Å². The van der Waals surface area contributed by atoms with Crippen molar-refractivity contribution in [3.05, 3.63) is 137 Å². The minimum Gasteiger partial charge on any atom is -0.478 e. The first-order chi connectivity index (χ1) is 40.7. The van der Waals surface area contributed by atoms with Gasteiger partial charge in [0.15, 0.2) is 0 Å². The maximum absolute atomic E-state index is 14.0. The number of urea groups is 1. The quantitative estimate of drug-likeness (QED) is 0.0237. The molecule has 1 aliphatic rings. The summed E-state index contributed by atoms with van der Waals surface area (Å²) in [5.41, 5.74) is 9.76. The van der Waals surface area contributed by atoms with E-state index in [9.17, 15) is 48.3 Å². The molecule has 3 unspecified atom stereocenters. The van der Waals surface area contributed by atoms with Gasteiger partial charge in [-0.15, -0.1) is 0 Å². The summed E-state index contributed by atoms with van der Waals surface area (Å²) in [6, 6.07) is 25.5. The summed E-state index contributed by atoms with van der Waals surface area (Å²) in [7, 11) is 3.17. The molecule has 0 bridgehead atoms. The number of aryl methyl sites for hydroxylation is 2. The highest BCUT2D eigenvalue weighted by molar-refractivity contribution is 5.99. The Bertz CT molecular complexity index is 2950. The van der Waals surface area contributed by atoms with Gasteiger partial charge in [-0.2, -0.15) is 0 Å². The molecule has 0 aromatic heterocycles. The molecule has 21 heteroatoms. The van der Waals surface area contributed by atoms with Crippen LogP contribution in [0.5, 0.6) is 0 Å². The molecule has 0 radical (unpaired) electrons. The number of carboxylic acids is 1. The number of ether oxygens (including phenoxy) is 1. The van der Waals surface area contributed by atoms with Gasteiger partial charge in [-0.1, -0.05) is 148 Å². The van der Waals surface area contributed by atoms with E-state index in [1.807, 2.05) is 83.1 Å². The van der Waals surface area contributed by atoms with Crippen LogP contribution in [-0.2, 0) is 69.7 Å². The zero-order chi connectivity index (χ0) is 64.1. The number of amides is 9. The molecule has 86 heavy (non-hydrogen) atoms. The summed E-state index contributed by atoms with van der Waals surface area (Å²) in [5, 5.41) is 28.4. The van der Waals surface area contributed by atoms with Crippen LogP contribution in [0.15, 0.2) is 109 Å². The molecule has 1 aliphatic heterocycles. The van der Waals surface area contributed by atoms with E-state index in [0.29, 0.717) is 29.0 Å². The van der Waals surface area contributed by atoms with Crippen LogP contribution in [0.4, 0.5) is 26.7 Å². The van der Waals surface area contributed by atoms with Crippen molar-refractivity contribution in [2.24, 2.45) is 11.1 Å². The van der Waals surface area contributed by atoms with Crippen LogP contribution in [-0.4, -0.2) is 115 Å². The number of rotatable bonds is 24. The summed E-state index contributed by atoms with van der Waals surface area (Å²) in [4.78, 5) is 120. The average Bonchev–Trinajstić information content (AvgIpc) is 1.27. The fraction of sp³-hybridized carbons (Fsp3) is 0.462. The second kappa shape index (κ2) is 35.6. The van der Waals surface area contributed by atoms with Crippen LogP contribution < -0.4 is 47.9 Å². The lowest BCUT2D eigenvalue weighted by atomic mass is 9.76. The first-order valence-corrected chi connectivity index (χ1v) is 29.3. The highest BCUT2D eigenvalue weighted by Gasteiger charge is 2.41. The van der Waals surface area contributed by atoms with E-state index in [1.165, 1.54) is 30.7 Å². The zero-order valence-corrected chi connectivity index (χ0v) is 52.2. The molecule has 4 aromatic carbocycles. The predicted octanol–water partition coefficient (Wildman–Crippen LogP) is 8.25. The summed E-state index contributed by atoms with van der Waals surface area (Å²) >= 11 is 0. The Labute approximate surface area is 507 Å². The normalized spacial score (nSPS) is 13.0. The molecular formula is C65H92N10O11. The van der Waals surface area contributed by atoms with Gasteiger partial charge in [0, 0.05) is 61.0 Å². The Morgan fingerprint density at radius 3 is 1.95 bits per heavy atom. The van der Waals surface area contributed by atoms with Gasteiger partial charge in [0.05, 0.1) is 19.1 Å². The Hall–Kier alpha value is -8.59. The van der Waals surface area contributed by atoms with Gasteiger partial charge >= 0.3 is 18.1 Å². The summed E-state index contributed by atoms with van der Waals surface area (Å²) in [6.45, 7) is 19.0. The van der Waals surface area contributed by atoms with Gasteiger partial charge < -0.3 is 57.3 Å². The van der Waals surface area contributed by atoms with E-state index in [0.717, 1.165) is 35.2 Å². The standard InChI is InChI=1S/C59H76N10O11.2C3H8/c1-37(55(76)77)30-32-68(8)54(75)51(58(2,3)4)67-53(74)50(61-7)59(5,6)42-18-13-19-44(33-42)65-57(79)80-36-38-22-26-43(27-23-38)64-52(73)45(20-14-31-62-56(60)78)66-48(71)34-63-47(70)28-29-49(72)69-35-41-17-10-9-15-39(41)24-25-40-16-11-12-21-46(40)69;2*1-3-2/h9-13,15-19,21-23,26-27,30,33,45,50-51,61H,14,20,24-25,28-29,31-32,34-36H2,1-8H3,(H,63,70)(H,64,73)(H,65,79)(H,66,71)(H,67,74)(H,76,77)(H3,60,62,78);2*3H2,1-2H3/b37-30+;;. The van der Waals surface area contributed by atoms with Gasteiger partial charge in [-0.05, 0) is 103 Å². The summed E-state index contributed by atoms with van der Waals surface area (Å²) in [6.07, 6.45) is 4.88. The number of para-hydroxylation sites is 1. The first kappa shape index (κ1) is 71.7. The van der Waals surface area contributed by atoms with Crippen LogP contribution in [0.1, 0.15) is 136 Å². The second-order valence-electron chi connectivity index (χ2n) is 22.8. The third-order valence-electron chi connectivity index (χ3n) is 13.8. The zero-order valence-electron chi connectivity index (χ0n) is 52.2. The van der Waals surface area contributed by atoms with Crippen molar-refractivity contribution in [2.45, 2.75) is 157 Å². The topological polar surface area (TPSA) is 300 Å². The van der Waals surface area contributed by atoms with Crippen LogP contribution in [0.2, 0.25) is 0 Å². The number of anilines is 3. The Balaban J connectivity index is 0.00000309. The molecule has 3 atom stereocenters. The van der Waals surface area contributed by atoms with Crippen LogP contribution in [0, 0.1) is 5.41 Å². The molecule has 0 spiro atoms. The monoisotopic (exact) mass is 1190 g/mol. The van der Waals surface area contributed by atoms with Crippen LogP contribution in [0.3, 0.4) is 0 Å². The van der Waals surface area contributed by atoms with E-state index in [1.54, 1.807) is 61.5 Å². The number of hydrogen-bond acceptors (Lipinski definition) is 11. The van der Waals surface area contributed by atoms with Crippen molar-refractivity contribution < 1.29 is 53.0 Å². The average molecular weight is 1190 g/mol. The van der Waals surface area contributed by atoms with Crippen molar-refractivity contribution in [2.75, 3.05) is 49.3 Å². The van der Waals surface area contributed by atoms with Gasteiger partial charge in [-0.3, -0.25) is 34.1 Å². The number of nitrogens with one attached hydrogen (secondary N) is 7. The lowest BCUT2D eigenvalue weighted by Gasteiger charge is -2.38. The number of primary amides is 1. The molecule has 5 rings (SSSR count). The maximum atomic E-state index is 14.0. The Morgan fingerprint density at radius 2 is 1.34 bits per heavy atom. The minimum absolute atomic E-state index is 0.0362. The number of fused-ring (bicyclic) bond motifs is 2. The largest absolute Gasteiger partial charge is 0.478 e. The Kier molecular flexibility index (Phi) is 29.7. The first-order valence-electron chi connectivity index (χ1n) is 29.3. The number of carbonyl (C=O) groups excluding carboxylic acids is 8. The third-order valence-corrected chi connectivity index (χ3v) is 13.8. The van der Waals surface area contributed by atoms with Crippen molar-refractivity contribution in [3.8, 4) is 0 Å². The van der Waals surface area contributed by atoms with E-state index in [4.69, 9.17) is 10.5 Å².